The number of carbonyl (C=O) groups is 2. The van der Waals surface area contributed by atoms with Gasteiger partial charge in [0.2, 0.25) is 11.8 Å². The first-order valence-electron chi connectivity index (χ1n) is 6.74. The Balaban J connectivity index is 0.00000441. The molecule has 2 amide bonds. The van der Waals surface area contributed by atoms with Crippen LogP contribution in [0.25, 0.3) is 0 Å². The molecule has 1 atom stereocenters. The quantitative estimate of drug-likeness (QED) is 0.805. The average molecular weight is 393 g/mol. The van der Waals surface area contributed by atoms with Gasteiger partial charge in [0.25, 0.3) is 0 Å². The summed E-state index contributed by atoms with van der Waals surface area (Å²) in [6.07, 6.45) is 0. The van der Waals surface area contributed by atoms with Crippen molar-refractivity contribution in [2.75, 3.05) is 13.6 Å². The van der Waals surface area contributed by atoms with Gasteiger partial charge in [-0.3, -0.25) is 9.59 Å². The lowest BCUT2D eigenvalue weighted by Gasteiger charge is -2.29. The number of benzene rings is 1. The van der Waals surface area contributed by atoms with Crippen LogP contribution < -0.4 is 11.1 Å². The molecule has 124 valence electrons. The van der Waals surface area contributed by atoms with Crippen LogP contribution in [0.2, 0.25) is 0 Å². The molecule has 0 aromatic heterocycles. The summed E-state index contributed by atoms with van der Waals surface area (Å²) in [5.74, 6) is -0.504. The molecule has 0 aliphatic carbocycles. The maximum atomic E-state index is 12.5. The summed E-state index contributed by atoms with van der Waals surface area (Å²) in [6.45, 7) is 5.37. The van der Waals surface area contributed by atoms with Crippen LogP contribution in [0.4, 0.5) is 0 Å². The Morgan fingerprint density at radius 1 is 1.32 bits per heavy atom. The highest BCUT2D eigenvalue weighted by Gasteiger charge is 2.33. The van der Waals surface area contributed by atoms with E-state index in [1.54, 1.807) is 26.1 Å². The smallest absolute Gasteiger partial charge is 0.247 e. The fourth-order valence-corrected chi connectivity index (χ4v) is 2.24. The Hall–Kier alpha value is -1.11. The number of rotatable bonds is 5. The number of halogens is 2. The van der Waals surface area contributed by atoms with Crippen molar-refractivity contribution in [1.82, 2.24) is 10.2 Å². The number of nitrogens with zero attached hydrogens (tertiary/aromatic N) is 1. The summed E-state index contributed by atoms with van der Waals surface area (Å²) in [5, 5.41) is 2.75. The topological polar surface area (TPSA) is 75.4 Å². The van der Waals surface area contributed by atoms with Crippen molar-refractivity contribution < 1.29 is 9.59 Å². The molecule has 22 heavy (non-hydrogen) atoms. The van der Waals surface area contributed by atoms with Gasteiger partial charge in [0, 0.05) is 17.6 Å². The van der Waals surface area contributed by atoms with Gasteiger partial charge in [-0.1, -0.05) is 28.1 Å². The highest BCUT2D eigenvalue weighted by molar-refractivity contribution is 9.10. The molecular formula is C15H23BrClN3O2. The van der Waals surface area contributed by atoms with Crippen LogP contribution in [0.15, 0.2) is 28.7 Å². The van der Waals surface area contributed by atoms with E-state index in [-0.39, 0.29) is 36.8 Å². The fourth-order valence-electron chi connectivity index (χ4n) is 1.97. The maximum Gasteiger partial charge on any atom is 0.247 e. The molecule has 0 saturated carbocycles. The van der Waals surface area contributed by atoms with Gasteiger partial charge in [0.15, 0.2) is 0 Å². The number of nitrogens with one attached hydrogen (secondary N) is 1. The number of likely N-dealkylation sites (N-methyl/N-ethyl adjacent to an activating group) is 1. The summed E-state index contributed by atoms with van der Waals surface area (Å²) >= 11 is 3.34. The largest absolute Gasteiger partial charge is 0.352 e. The number of carbonyl (C=O) groups excluding carboxylic acids is 2. The normalized spacial score (nSPS) is 13.0. The van der Waals surface area contributed by atoms with Crippen LogP contribution in [0.1, 0.15) is 26.3 Å². The minimum Gasteiger partial charge on any atom is -0.352 e. The van der Waals surface area contributed by atoms with Gasteiger partial charge in [-0.2, -0.15) is 0 Å². The van der Waals surface area contributed by atoms with Crippen LogP contribution >= 0.6 is 28.3 Å². The van der Waals surface area contributed by atoms with Crippen molar-refractivity contribution in [2.24, 2.45) is 5.73 Å². The van der Waals surface area contributed by atoms with Crippen molar-refractivity contribution in [2.45, 2.75) is 32.4 Å². The van der Waals surface area contributed by atoms with E-state index >= 15 is 0 Å². The lowest BCUT2D eigenvalue weighted by Crippen LogP contribution is -2.52. The molecule has 0 aliphatic heterocycles. The van der Waals surface area contributed by atoms with Crippen LogP contribution in [0.5, 0.6) is 0 Å². The molecule has 1 rings (SSSR count). The van der Waals surface area contributed by atoms with Crippen molar-refractivity contribution in [3.63, 3.8) is 0 Å². The molecule has 0 saturated heterocycles. The van der Waals surface area contributed by atoms with Crippen molar-refractivity contribution in [3.05, 3.63) is 34.3 Å². The van der Waals surface area contributed by atoms with E-state index in [0.29, 0.717) is 5.56 Å². The predicted molar refractivity (Wildman–Crippen MR) is 93.8 cm³/mol. The van der Waals surface area contributed by atoms with Gasteiger partial charge in [-0.05, 0) is 38.5 Å². The molecule has 0 radical (unpaired) electrons. The van der Waals surface area contributed by atoms with E-state index in [2.05, 4.69) is 21.2 Å². The number of nitrogens with two attached hydrogens (primary N) is 1. The average Bonchev–Trinajstić information content (AvgIpc) is 2.37. The third-order valence-electron chi connectivity index (χ3n) is 3.07. The van der Waals surface area contributed by atoms with E-state index in [4.69, 9.17) is 5.73 Å². The monoisotopic (exact) mass is 391 g/mol. The number of hydrogen-bond donors (Lipinski definition) is 2. The highest BCUT2D eigenvalue weighted by Crippen LogP contribution is 2.22. The Morgan fingerprint density at radius 3 is 2.27 bits per heavy atom. The zero-order valence-electron chi connectivity index (χ0n) is 13.2. The second kappa shape index (κ2) is 8.50. The van der Waals surface area contributed by atoms with Crippen LogP contribution in [0, 0.1) is 0 Å². The summed E-state index contributed by atoms with van der Waals surface area (Å²) < 4.78 is 0.916. The Morgan fingerprint density at radius 2 is 1.82 bits per heavy atom. The molecule has 1 aromatic carbocycles. The lowest BCUT2D eigenvalue weighted by molar-refractivity contribution is -0.139. The zero-order chi connectivity index (χ0) is 16.2. The van der Waals surface area contributed by atoms with Gasteiger partial charge in [0.1, 0.15) is 5.54 Å². The fraction of sp³-hybridized carbons (Fsp3) is 0.467. The molecule has 0 aliphatic rings. The highest BCUT2D eigenvalue weighted by atomic mass is 79.9. The van der Waals surface area contributed by atoms with Crippen LogP contribution in [0.3, 0.4) is 0 Å². The predicted octanol–water partition coefficient (Wildman–Crippen LogP) is 2.03. The van der Waals surface area contributed by atoms with E-state index in [9.17, 15) is 9.59 Å². The first kappa shape index (κ1) is 20.9. The second-order valence-electron chi connectivity index (χ2n) is 5.59. The number of hydrogen-bond acceptors (Lipinski definition) is 3. The van der Waals surface area contributed by atoms with Gasteiger partial charge >= 0.3 is 0 Å². The van der Waals surface area contributed by atoms with E-state index in [0.717, 1.165) is 4.47 Å². The minimum absolute atomic E-state index is 0. The molecule has 0 spiro atoms. The Labute approximate surface area is 146 Å². The first-order chi connectivity index (χ1) is 9.64. The standard InChI is InChI=1S/C15H22BrN3O2.ClH/c1-10(2)18-13(20)9-19(4)14(21)15(3,17)11-5-7-12(16)8-6-11;/h5-8,10H,9,17H2,1-4H3,(H,18,20);1H. The minimum atomic E-state index is -1.17. The molecule has 0 bridgehead atoms. The summed E-state index contributed by atoms with van der Waals surface area (Å²) in [6, 6.07) is 7.30. The molecule has 0 heterocycles. The number of amides is 2. The third-order valence-corrected chi connectivity index (χ3v) is 3.59. The van der Waals surface area contributed by atoms with Gasteiger partial charge in [-0.15, -0.1) is 12.4 Å². The Kier molecular flexibility index (Phi) is 8.07. The summed E-state index contributed by atoms with van der Waals surface area (Å²) in [7, 11) is 1.58. The van der Waals surface area contributed by atoms with Gasteiger partial charge in [-0.25, -0.2) is 0 Å². The molecule has 3 N–H and O–H groups in total. The van der Waals surface area contributed by atoms with Crippen LogP contribution in [-0.4, -0.2) is 36.3 Å². The molecular weight excluding hydrogens is 370 g/mol. The van der Waals surface area contributed by atoms with E-state index in [1.165, 1.54) is 4.90 Å². The maximum absolute atomic E-state index is 12.5. The van der Waals surface area contributed by atoms with Crippen molar-refractivity contribution >= 4 is 40.2 Å². The van der Waals surface area contributed by atoms with Crippen LogP contribution in [-0.2, 0) is 15.1 Å². The van der Waals surface area contributed by atoms with E-state index < -0.39 is 5.54 Å². The molecule has 1 unspecified atom stereocenters. The van der Waals surface area contributed by atoms with Crippen molar-refractivity contribution in [1.29, 1.82) is 0 Å². The SMILES string of the molecule is CC(C)NC(=O)CN(C)C(=O)C(C)(N)c1ccc(Br)cc1.Cl. The van der Waals surface area contributed by atoms with Gasteiger partial charge < -0.3 is 16.0 Å². The zero-order valence-corrected chi connectivity index (χ0v) is 15.6. The third kappa shape index (κ3) is 5.59. The first-order valence-corrected chi connectivity index (χ1v) is 7.53. The van der Waals surface area contributed by atoms with E-state index in [1.807, 2.05) is 26.0 Å². The Bertz CT molecular complexity index is 518. The van der Waals surface area contributed by atoms with Gasteiger partial charge in [0.05, 0.1) is 6.54 Å². The molecule has 7 heteroatoms. The molecule has 1 aromatic rings. The summed E-state index contributed by atoms with van der Waals surface area (Å²) in [5.41, 5.74) is 5.70. The second-order valence-corrected chi connectivity index (χ2v) is 6.51. The lowest BCUT2D eigenvalue weighted by atomic mass is 9.92. The molecule has 5 nitrogen and oxygen atoms in total. The van der Waals surface area contributed by atoms with Crippen molar-refractivity contribution in [3.8, 4) is 0 Å². The summed E-state index contributed by atoms with van der Waals surface area (Å²) in [4.78, 5) is 25.6. The molecule has 0 fully saturated rings.